The van der Waals surface area contributed by atoms with Crippen molar-refractivity contribution >= 4 is 21.8 Å². The second-order valence-corrected chi connectivity index (χ2v) is 6.06. The number of hydrogen-bond acceptors (Lipinski definition) is 2. The Morgan fingerprint density at radius 3 is 2.71 bits per heavy atom. The van der Waals surface area contributed by atoms with Gasteiger partial charge in [-0.25, -0.2) is 0 Å². The van der Waals surface area contributed by atoms with Crippen LogP contribution in [0.2, 0.25) is 0 Å². The van der Waals surface area contributed by atoms with Crippen molar-refractivity contribution in [1.82, 2.24) is 5.32 Å². The summed E-state index contributed by atoms with van der Waals surface area (Å²) >= 11 is 2.98. The van der Waals surface area contributed by atoms with Crippen molar-refractivity contribution in [2.45, 2.75) is 31.5 Å². The molecule has 7 heteroatoms. The fourth-order valence-electron chi connectivity index (χ4n) is 2.64. The topological polar surface area (TPSA) is 49.3 Å². The lowest BCUT2D eigenvalue weighted by atomic mass is 10.0. The normalized spacial score (nSPS) is 22.3. The van der Waals surface area contributed by atoms with Crippen LogP contribution in [0.25, 0.3) is 0 Å². The Balaban J connectivity index is 2.23. The Morgan fingerprint density at radius 1 is 1.38 bits per heavy atom. The minimum atomic E-state index is -4.59. The number of carbonyl (C=O) groups excluding carboxylic acids is 1. The van der Waals surface area contributed by atoms with E-state index in [1.807, 2.05) is 0 Å². The van der Waals surface area contributed by atoms with Gasteiger partial charge in [0, 0.05) is 23.0 Å². The average Bonchev–Trinajstić information content (AvgIpc) is 2.84. The predicted octanol–water partition coefficient (Wildman–Crippen LogP) is 3.36. The third-order valence-electron chi connectivity index (χ3n) is 3.74. The number of aliphatic hydroxyl groups is 1. The van der Waals surface area contributed by atoms with E-state index in [4.69, 9.17) is 0 Å². The summed E-state index contributed by atoms with van der Waals surface area (Å²) < 4.78 is 39.3. The Hall–Kier alpha value is -1.08. The van der Waals surface area contributed by atoms with Gasteiger partial charge in [-0.05, 0) is 31.0 Å². The molecule has 0 spiro atoms. The van der Waals surface area contributed by atoms with E-state index in [1.165, 1.54) is 6.07 Å². The third kappa shape index (κ3) is 3.77. The molecule has 1 amide bonds. The van der Waals surface area contributed by atoms with Crippen LogP contribution in [0.5, 0.6) is 0 Å². The molecule has 0 aliphatic heterocycles. The van der Waals surface area contributed by atoms with Crippen molar-refractivity contribution in [3.8, 4) is 0 Å². The number of alkyl halides is 3. The molecule has 21 heavy (non-hydrogen) atoms. The van der Waals surface area contributed by atoms with Crippen LogP contribution in [0.15, 0.2) is 22.7 Å². The molecular formula is C14H15BrF3NO2. The summed E-state index contributed by atoms with van der Waals surface area (Å²) in [6, 6.07) is 3.19. The van der Waals surface area contributed by atoms with Crippen LogP contribution in [0.1, 0.15) is 35.2 Å². The molecule has 0 bridgehead atoms. The minimum Gasteiger partial charge on any atom is -0.396 e. The van der Waals surface area contributed by atoms with Crippen LogP contribution in [0.4, 0.5) is 13.2 Å². The van der Waals surface area contributed by atoms with Crippen LogP contribution in [0, 0.1) is 5.92 Å². The Labute approximate surface area is 128 Å². The van der Waals surface area contributed by atoms with Crippen LogP contribution >= 0.6 is 15.9 Å². The molecular weight excluding hydrogens is 351 g/mol. The lowest BCUT2D eigenvalue weighted by Crippen LogP contribution is -2.39. The first kappa shape index (κ1) is 16.3. The number of halogens is 4. The Bertz CT molecular complexity index is 533. The molecule has 2 N–H and O–H groups in total. The number of rotatable bonds is 3. The van der Waals surface area contributed by atoms with Gasteiger partial charge >= 0.3 is 6.18 Å². The summed E-state index contributed by atoms with van der Waals surface area (Å²) in [4.78, 5) is 12.1. The SMILES string of the molecule is O=C(NC1CCCC1CO)c1ccc(Br)cc1C(F)(F)F. The maximum atomic E-state index is 13.0. The monoisotopic (exact) mass is 365 g/mol. The van der Waals surface area contributed by atoms with Gasteiger partial charge in [0.15, 0.2) is 0 Å². The molecule has 2 unspecified atom stereocenters. The fraction of sp³-hybridized carbons (Fsp3) is 0.500. The van der Waals surface area contributed by atoms with E-state index >= 15 is 0 Å². The molecule has 1 fully saturated rings. The fourth-order valence-corrected chi connectivity index (χ4v) is 3.00. The Morgan fingerprint density at radius 2 is 2.10 bits per heavy atom. The standard InChI is InChI=1S/C14H15BrF3NO2/c15-9-4-5-10(11(6-9)14(16,17)18)13(21)19-12-3-1-2-8(12)7-20/h4-6,8,12,20H,1-3,7H2,(H,19,21). The van der Waals surface area contributed by atoms with E-state index in [-0.39, 0.29) is 23.0 Å². The summed E-state index contributed by atoms with van der Waals surface area (Å²) in [5.41, 5.74) is -1.36. The number of hydrogen-bond donors (Lipinski definition) is 2. The molecule has 1 saturated carbocycles. The number of nitrogens with one attached hydrogen (secondary N) is 1. The summed E-state index contributed by atoms with van der Waals surface area (Å²) in [6.07, 6.45) is -2.30. The van der Waals surface area contributed by atoms with E-state index in [0.29, 0.717) is 6.42 Å². The first-order valence-corrected chi connectivity index (χ1v) is 7.40. The lowest BCUT2D eigenvalue weighted by molar-refractivity contribution is -0.138. The Kier molecular flexibility index (Phi) is 4.93. The zero-order chi connectivity index (χ0) is 15.6. The average molecular weight is 366 g/mol. The molecule has 1 aromatic carbocycles. The molecule has 116 valence electrons. The van der Waals surface area contributed by atoms with Gasteiger partial charge in [0.25, 0.3) is 5.91 Å². The van der Waals surface area contributed by atoms with Crippen LogP contribution in [-0.4, -0.2) is 23.7 Å². The lowest BCUT2D eigenvalue weighted by Gasteiger charge is -2.20. The molecule has 0 saturated heterocycles. The summed E-state index contributed by atoms with van der Waals surface area (Å²) in [7, 11) is 0. The minimum absolute atomic E-state index is 0.0720. The smallest absolute Gasteiger partial charge is 0.396 e. The second kappa shape index (κ2) is 6.36. The van der Waals surface area contributed by atoms with Crippen molar-refractivity contribution in [3.63, 3.8) is 0 Å². The third-order valence-corrected chi connectivity index (χ3v) is 4.23. The summed E-state index contributed by atoms with van der Waals surface area (Å²) in [5, 5.41) is 11.8. The van der Waals surface area contributed by atoms with Gasteiger partial charge in [-0.15, -0.1) is 0 Å². The maximum absolute atomic E-state index is 13.0. The number of amides is 1. The van der Waals surface area contributed by atoms with Crippen molar-refractivity contribution < 1.29 is 23.1 Å². The van der Waals surface area contributed by atoms with Crippen molar-refractivity contribution in [2.75, 3.05) is 6.61 Å². The van der Waals surface area contributed by atoms with Crippen molar-refractivity contribution in [2.24, 2.45) is 5.92 Å². The summed E-state index contributed by atoms with van der Waals surface area (Å²) in [6.45, 7) is -0.0720. The van der Waals surface area contributed by atoms with Crippen LogP contribution in [0.3, 0.4) is 0 Å². The highest BCUT2D eigenvalue weighted by molar-refractivity contribution is 9.10. The van der Waals surface area contributed by atoms with Crippen LogP contribution < -0.4 is 5.32 Å². The molecule has 0 radical (unpaired) electrons. The highest BCUT2D eigenvalue weighted by Gasteiger charge is 2.36. The molecule has 2 rings (SSSR count). The van der Waals surface area contributed by atoms with E-state index in [0.717, 1.165) is 25.0 Å². The first-order chi connectivity index (χ1) is 9.82. The molecule has 0 aromatic heterocycles. The predicted molar refractivity (Wildman–Crippen MR) is 74.8 cm³/mol. The van der Waals surface area contributed by atoms with Gasteiger partial charge in [-0.3, -0.25) is 4.79 Å². The van der Waals surface area contributed by atoms with Gasteiger partial charge in [0.1, 0.15) is 0 Å². The molecule has 1 aliphatic carbocycles. The quantitative estimate of drug-likeness (QED) is 0.862. The zero-order valence-electron chi connectivity index (χ0n) is 11.1. The molecule has 1 aromatic rings. The molecule has 2 atom stereocenters. The molecule has 1 aliphatic rings. The zero-order valence-corrected chi connectivity index (χ0v) is 12.7. The summed E-state index contributed by atoms with van der Waals surface area (Å²) in [5.74, 6) is -0.834. The number of benzene rings is 1. The molecule has 0 heterocycles. The van der Waals surface area contributed by atoms with Crippen molar-refractivity contribution in [3.05, 3.63) is 33.8 Å². The van der Waals surface area contributed by atoms with Crippen molar-refractivity contribution in [1.29, 1.82) is 0 Å². The van der Waals surface area contributed by atoms with Gasteiger partial charge in [-0.2, -0.15) is 13.2 Å². The highest BCUT2D eigenvalue weighted by atomic mass is 79.9. The van der Waals surface area contributed by atoms with Gasteiger partial charge in [-0.1, -0.05) is 22.4 Å². The second-order valence-electron chi connectivity index (χ2n) is 5.14. The first-order valence-electron chi connectivity index (χ1n) is 6.61. The van der Waals surface area contributed by atoms with Gasteiger partial charge < -0.3 is 10.4 Å². The van der Waals surface area contributed by atoms with E-state index < -0.39 is 23.2 Å². The van der Waals surface area contributed by atoms with E-state index in [2.05, 4.69) is 21.2 Å². The van der Waals surface area contributed by atoms with E-state index in [1.54, 1.807) is 0 Å². The van der Waals surface area contributed by atoms with Gasteiger partial charge in [0.2, 0.25) is 0 Å². The largest absolute Gasteiger partial charge is 0.417 e. The van der Waals surface area contributed by atoms with Crippen LogP contribution in [-0.2, 0) is 6.18 Å². The number of carbonyl (C=O) groups is 1. The van der Waals surface area contributed by atoms with Gasteiger partial charge in [0.05, 0.1) is 11.1 Å². The molecule has 3 nitrogen and oxygen atoms in total. The maximum Gasteiger partial charge on any atom is 0.417 e. The number of aliphatic hydroxyl groups excluding tert-OH is 1. The van der Waals surface area contributed by atoms with E-state index in [9.17, 15) is 23.1 Å². The highest BCUT2D eigenvalue weighted by Crippen LogP contribution is 2.34.